The molecule has 3 heteroatoms. The quantitative estimate of drug-likeness (QED) is 0.662. The summed E-state index contributed by atoms with van der Waals surface area (Å²) in [6.45, 7) is 2.03. The number of hydrogen-bond acceptors (Lipinski definition) is 2. The van der Waals surface area contributed by atoms with E-state index in [1.165, 1.54) is 6.07 Å². The number of anilines is 1. The van der Waals surface area contributed by atoms with Crippen molar-refractivity contribution in [2.45, 2.75) is 6.92 Å². The lowest BCUT2D eigenvalue weighted by Gasteiger charge is -2.16. The number of carbonyl (C=O) groups is 1. The summed E-state index contributed by atoms with van der Waals surface area (Å²) < 4.78 is 12.9. The second-order valence-electron chi connectivity index (χ2n) is 2.98. The van der Waals surface area contributed by atoms with Crippen LogP contribution in [0.4, 0.5) is 10.1 Å². The zero-order valence-electron chi connectivity index (χ0n) is 7.75. The molecule has 0 amide bonds. The van der Waals surface area contributed by atoms with Crippen molar-refractivity contribution in [3.05, 3.63) is 29.6 Å². The highest BCUT2D eigenvalue weighted by molar-refractivity contribution is 5.61. The minimum atomic E-state index is -0.219. The Morgan fingerprint density at radius 3 is 2.77 bits per heavy atom. The average molecular weight is 181 g/mol. The fourth-order valence-electron chi connectivity index (χ4n) is 1.08. The van der Waals surface area contributed by atoms with Crippen LogP contribution in [0.15, 0.2) is 18.2 Å². The van der Waals surface area contributed by atoms with Crippen LogP contribution in [0.2, 0.25) is 0 Å². The van der Waals surface area contributed by atoms with Gasteiger partial charge in [-0.25, -0.2) is 4.39 Å². The number of hydrogen-bond donors (Lipinski definition) is 0. The summed E-state index contributed by atoms with van der Waals surface area (Å²) >= 11 is 0. The van der Waals surface area contributed by atoms with E-state index in [9.17, 15) is 9.18 Å². The summed E-state index contributed by atoms with van der Waals surface area (Å²) in [5, 5.41) is 0. The number of carbonyl (C=O) groups excluding carboxylic acids is 1. The van der Waals surface area contributed by atoms with E-state index in [1.807, 2.05) is 0 Å². The van der Waals surface area contributed by atoms with Gasteiger partial charge in [0.25, 0.3) is 0 Å². The van der Waals surface area contributed by atoms with Gasteiger partial charge >= 0.3 is 0 Å². The fourth-order valence-corrected chi connectivity index (χ4v) is 1.08. The maximum atomic E-state index is 12.9. The van der Waals surface area contributed by atoms with Crippen molar-refractivity contribution in [1.29, 1.82) is 0 Å². The van der Waals surface area contributed by atoms with Crippen LogP contribution in [0.1, 0.15) is 5.56 Å². The number of aldehydes is 1. The molecule has 0 heterocycles. The van der Waals surface area contributed by atoms with E-state index in [0.29, 0.717) is 12.1 Å². The first-order valence-electron chi connectivity index (χ1n) is 4.06. The molecule has 0 aliphatic rings. The third-order valence-electron chi connectivity index (χ3n) is 1.93. The van der Waals surface area contributed by atoms with Crippen LogP contribution in [-0.4, -0.2) is 19.9 Å². The van der Waals surface area contributed by atoms with Gasteiger partial charge < -0.3 is 9.69 Å². The van der Waals surface area contributed by atoms with Crippen molar-refractivity contribution in [3.63, 3.8) is 0 Å². The number of likely N-dealkylation sites (N-methyl/N-ethyl adjacent to an activating group) is 1. The number of aryl methyl sites for hydroxylation is 1. The molecule has 0 spiro atoms. The van der Waals surface area contributed by atoms with Crippen LogP contribution in [-0.2, 0) is 4.79 Å². The predicted octanol–water partition coefficient (Wildman–Crippen LogP) is 1.77. The van der Waals surface area contributed by atoms with Crippen molar-refractivity contribution in [3.8, 4) is 0 Å². The molecule has 0 bridgehead atoms. The van der Waals surface area contributed by atoms with Crippen molar-refractivity contribution in [2.24, 2.45) is 0 Å². The normalized spacial score (nSPS) is 9.77. The molecule has 0 aromatic heterocycles. The van der Waals surface area contributed by atoms with Gasteiger partial charge in [-0.05, 0) is 30.7 Å². The molecule has 0 saturated heterocycles. The molecule has 0 fully saturated rings. The topological polar surface area (TPSA) is 20.3 Å². The molecular weight excluding hydrogens is 169 g/mol. The summed E-state index contributed by atoms with van der Waals surface area (Å²) in [6, 6.07) is 4.79. The predicted molar refractivity (Wildman–Crippen MR) is 50.5 cm³/mol. The molecule has 13 heavy (non-hydrogen) atoms. The van der Waals surface area contributed by atoms with Gasteiger partial charge in [0.15, 0.2) is 0 Å². The fraction of sp³-hybridized carbons (Fsp3) is 0.300. The Hall–Kier alpha value is -1.38. The van der Waals surface area contributed by atoms with E-state index >= 15 is 0 Å². The van der Waals surface area contributed by atoms with Crippen molar-refractivity contribution >= 4 is 12.0 Å². The highest BCUT2D eigenvalue weighted by atomic mass is 19.1. The monoisotopic (exact) mass is 181 g/mol. The second kappa shape index (κ2) is 4.03. The first-order chi connectivity index (χ1) is 6.15. The van der Waals surface area contributed by atoms with Crippen LogP contribution in [0.25, 0.3) is 0 Å². The summed E-state index contributed by atoms with van der Waals surface area (Å²) in [6.07, 6.45) is 0.818. The zero-order valence-corrected chi connectivity index (χ0v) is 7.75. The van der Waals surface area contributed by atoms with E-state index < -0.39 is 0 Å². The van der Waals surface area contributed by atoms with Gasteiger partial charge in [0.2, 0.25) is 0 Å². The number of benzene rings is 1. The van der Waals surface area contributed by atoms with Crippen LogP contribution < -0.4 is 4.90 Å². The van der Waals surface area contributed by atoms with Crippen LogP contribution >= 0.6 is 0 Å². The third kappa shape index (κ3) is 2.28. The second-order valence-corrected chi connectivity index (χ2v) is 2.98. The van der Waals surface area contributed by atoms with Gasteiger partial charge in [-0.1, -0.05) is 0 Å². The van der Waals surface area contributed by atoms with E-state index in [4.69, 9.17) is 0 Å². The third-order valence-corrected chi connectivity index (χ3v) is 1.93. The minimum absolute atomic E-state index is 0.219. The van der Waals surface area contributed by atoms with E-state index in [1.54, 1.807) is 31.0 Å². The maximum Gasteiger partial charge on any atom is 0.139 e. The average Bonchev–Trinajstić information content (AvgIpc) is 2.10. The van der Waals surface area contributed by atoms with Gasteiger partial charge in [-0.15, -0.1) is 0 Å². The Balaban J connectivity index is 2.89. The Kier molecular flexibility index (Phi) is 3.01. The Morgan fingerprint density at radius 2 is 2.23 bits per heavy atom. The molecule has 1 rings (SSSR count). The molecule has 0 aliphatic carbocycles. The minimum Gasteiger partial charge on any atom is -0.368 e. The van der Waals surface area contributed by atoms with Crippen LogP contribution in [0.5, 0.6) is 0 Å². The molecule has 0 radical (unpaired) electrons. The lowest BCUT2D eigenvalue weighted by atomic mass is 10.2. The number of halogens is 1. The van der Waals surface area contributed by atoms with Crippen LogP contribution in [0.3, 0.4) is 0 Å². The van der Waals surface area contributed by atoms with E-state index in [0.717, 1.165) is 12.0 Å². The molecule has 0 N–H and O–H groups in total. The highest BCUT2D eigenvalue weighted by Gasteiger charge is 2.02. The molecule has 1 aromatic carbocycles. The molecule has 70 valence electrons. The first-order valence-corrected chi connectivity index (χ1v) is 4.06. The SMILES string of the molecule is Cc1cc(N(C)CC=O)ccc1F. The highest BCUT2D eigenvalue weighted by Crippen LogP contribution is 2.16. The Labute approximate surface area is 77.0 Å². The van der Waals surface area contributed by atoms with Crippen LogP contribution in [0, 0.1) is 12.7 Å². The Bertz CT molecular complexity index is 312. The smallest absolute Gasteiger partial charge is 0.139 e. The molecular formula is C10H12FNO. The Morgan fingerprint density at radius 1 is 1.54 bits per heavy atom. The molecule has 0 aliphatic heterocycles. The molecule has 2 nitrogen and oxygen atoms in total. The maximum absolute atomic E-state index is 12.9. The summed E-state index contributed by atoms with van der Waals surface area (Å²) in [5.74, 6) is -0.219. The molecule has 0 unspecified atom stereocenters. The van der Waals surface area contributed by atoms with Gasteiger partial charge in [-0.2, -0.15) is 0 Å². The largest absolute Gasteiger partial charge is 0.368 e. The lowest BCUT2D eigenvalue weighted by molar-refractivity contribution is -0.106. The first kappa shape index (κ1) is 9.71. The van der Waals surface area contributed by atoms with E-state index in [2.05, 4.69) is 0 Å². The van der Waals surface area contributed by atoms with Crippen molar-refractivity contribution < 1.29 is 9.18 Å². The van der Waals surface area contributed by atoms with Crippen molar-refractivity contribution in [1.82, 2.24) is 0 Å². The molecule has 0 atom stereocenters. The van der Waals surface area contributed by atoms with Crippen molar-refractivity contribution in [2.75, 3.05) is 18.5 Å². The van der Waals surface area contributed by atoms with E-state index in [-0.39, 0.29) is 5.82 Å². The number of nitrogens with zero attached hydrogens (tertiary/aromatic N) is 1. The molecule has 1 aromatic rings. The summed E-state index contributed by atoms with van der Waals surface area (Å²) in [5.41, 5.74) is 1.45. The molecule has 0 saturated carbocycles. The van der Waals surface area contributed by atoms with Gasteiger partial charge in [0, 0.05) is 12.7 Å². The summed E-state index contributed by atoms with van der Waals surface area (Å²) in [4.78, 5) is 12.0. The standard InChI is InChI=1S/C10H12FNO/c1-8-7-9(3-4-10(8)11)12(2)5-6-13/h3-4,6-7H,5H2,1-2H3. The van der Waals surface area contributed by atoms with Gasteiger partial charge in [-0.3, -0.25) is 0 Å². The lowest BCUT2D eigenvalue weighted by Crippen LogP contribution is -2.19. The zero-order chi connectivity index (χ0) is 9.84. The van der Waals surface area contributed by atoms with Gasteiger partial charge in [0.1, 0.15) is 12.1 Å². The summed E-state index contributed by atoms with van der Waals surface area (Å²) in [7, 11) is 1.79. The number of rotatable bonds is 3. The van der Waals surface area contributed by atoms with Gasteiger partial charge in [0.05, 0.1) is 6.54 Å².